The summed E-state index contributed by atoms with van der Waals surface area (Å²) < 4.78 is 5.55. The summed E-state index contributed by atoms with van der Waals surface area (Å²) in [5, 5.41) is 1.10. The Kier molecular flexibility index (Phi) is 3.85. The van der Waals surface area contributed by atoms with E-state index in [1.165, 1.54) is 4.88 Å². The van der Waals surface area contributed by atoms with E-state index in [0.717, 1.165) is 34.2 Å². The van der Waals surface area contributed by atoms with Crippen molar-refractivity contribution >= 4 is 11.3 Å². The van der Waals surface area contributed by atoms with Crippen LogP contribution < -0.4 is 11.3 Å². The van der Waals surface area contributed by atoms with Gasteiger partial charge in [-0.05, 0) is 33.8 Å². The van der Waals surface area contributed by atoms with E-state index in [0.29, 0.717) is 0 Å². The number of furan rings is 1. The maximum absolute atomic E-state index is 5.66. The van der Waals surface area contributed by atoms with Gasteiger partial charge in [0.1, 0.15) is 11.5 Å². The van der Waals surface area contributed by atoms with Crippen molar-refractivity contribution < 1.29 is 4.42 Å². The molecule has 1 atom stereocenters. The molecule has 0 saturated carbocycles. The van der Waals surface area contributed by atoms with Crippen LogP contribution in [0.5, 0.6) is 0 Å². The first kappa shape index (κ1) is 13.3. The fourth-order valence-electron chi connectivity index (χ4n) is 2.06. The number of aryl methyl sites for hydroxylation is 4. The van der Waals surface area contributed by atoms with Gasteiger partial charge in [0.05, 0.1) is 16.7 Å². The number of nitrogens with two attached hydrogens (primary N) is 1. The zero-order valence-corrected chi connectivity index (χ0v) is 12.0. The summed E-state index contributed by atoms with van der Waals surface area (Å²) in [5.41, 5.74) is 5.07. The molecule has 0 spiro atoms. The van der Waals surface area contributed by atoms with Crippen LogP contribution in [0.4, 0.5) is 0 Å². The quantitative estimate of drug-likeness (QED) is 0.659. The number of rotatable bonds is 4. The third-order valence-corrected chi connectivity index (χ3v) is 4.20. The van der Waals surface area contributed by atoms with Crippen LogP contribution >= 0.6 is 11.3 Å². The van der Waals surface area contributed by atoms with Gasteiger partial charge in [0.2, 0.25) is 0 Å². The van der Waals surface area contributed by atoms with Crippen molar-refractivity contribution in [2.45, 2.75) is 40.2 Å². The number of hydrazine groups is 1. The summed E-state index contributed by atoms with van der Waals surface area (Å²) in [7, 11) is 0. The van der Waals surface area contributed by atoms with E-state index in [-0.39, 0.29) is 6.04 Å². The standard InChI is InChI=1S/C13H19N3OS/c1-7-5-11(9(3)17-7)12(16-14)6-13-15-8(2)10(4)18-13/h5,12,16H,6,14H2,1-4H3. The fourth-order valence-corrected chi connectivity index (χ4v) is 3.04. The van der Waals surface area contributed by atoms with Crippen LogP contribution in [-0.4, -0.2) is 4.98 Å². The van der Waals surface area contributed by atoms with E-state index < -0.39 is 0 Å². The van der Waals surface area contributed by atoms with Gasteiger partial charge in [0, 0.05) is 16.9 Å². The van der Waals surface area contributed by atoms with E-state index in [1.54, 1.807) is 11.3 Å². The highest BCUT2D eigenvalue weighted by atomic mass is 32.1. The SMILES string of the molecule is Cc1cc(C(Cc2nc(C)c(C)s2)NN)c(C)o1. The molecule has 2 aromatic rings. The van der Waals surface area contributed by atoms with Crippen LogP contribution in [0.3, 0.4) is 0 Å². The molecule has 0 bridgehead atoms. The molecule has 0 aliphatic heterocycles. The summed E-state index contributed by atoms with van der Waals surface area (Å²) in [4.78, 5) is 5.82. The number of thiazole rings is 1. The molecule has 1 unspecified atom stereocenters. The van der Waals surface area contributed by atoms with Crippen molar-refractivity contribution in [1.29, 1.82) is 0 Å². The van der Waals surface area contributed by atoms with E-state index >= 15 is 0 Å². The fraction of sp³-hybridized carbons (Fsp3) is 0.462. The molecule has 2 rings (SSSR count). The van der Waals surface area contributed by atoms with E-state index in [4.69, 9.17) is 10.3 Å². The Labute approximate surface area is 111 Å². The normalized spacial score (nSPS) is 12.9. The molecule has 0 fully saturated rings. The lowest BCUT2D eigenvalue weighted by atomic mass is 10.1. The van der Waals surface area contributed by atoms with Gasteiger partial charge in [-0.2, -0.15) is 0 Å². The first-order chi connectivity index (χ1) is 8.51. The number of nitrogens with zero attached hydrogens (tertiary/aromatic N) is 1. The van der Waals surface area contributed by atoms with Crippen molar-refractivity contribution in [3.63, 3.8) is 0 Å². The maximum Gasteiger partial charge on any atom is 0.105 e. The minimum Gasteiger partial charge on any atom is -0.466 e. The molecule has 0 aliphatic rings. The van der Waals surface area contributed by atoms with E-state index in [9.17, 15) is 0 Å². The zero-order chi connectivity index (χ0) is 13.3. The predicted octanol–water partition coefficient (Wildman–Crippen LogP) is 2.72. The van der Waals surface area contributed by atoms with Gasteiger partial charge in [-0.1, -0.05) is 0 Å². The molecule has 0 radical (unpaired) electrons. The largest absolute Gasteiger partial charge is 0.466 e. The molecule has 3 N–H and O–H groups in total. The van der Waals surface area contributed by atoms with Crippen LogP contribution in [-0.2, 0) is 6.42 Å². The molecular formula is C13H19N3OS. The average Bonchev–Trinajstić information content (AvgIpc) is 2.79. The van der Waals surface area contributed by atoms with Gasteiger partial charge < -0.3 is 4.42 Å². The summed E-state index contributed by atoms with van der Waals surface area (Å²) in [6, 6.07) is 2.08. The van der Waals surface area contributed by atoms with Crippen molar-refractivity contribution in [3.8, 4) is 0 Å². The second kappa shape index (κ2) is 5.22. The first-order valence-electron chi connectivity index (χ1n) is 5.97. The van der Waals surface area contributed by atoms with Crippen molar-refractivity contribution in [2.24, 2.45) is 5.84 Å². The second-order valence-electron chi connectivity index (χ2n) is 4.54. The third kappa shape index (κ3) is 2.63. The van der Waals surface area contributed by atoms with Gasteiger partial charge in [-0.15, -0.1) is 11.3 Å². The molecule has 98 valence electrons. The smallest absolute Gasteiger partial charge is 0.105 e. The Hall–Kier alpha value is -1.17. The lowest BCUT2D eigenvalue weighted by Gasteiger charge is -2.13. The van der Waals surface area contributed by atoms with Gasteiger partial charge >= 0.3 is 0 Å². The predicted molar refractivity (Wildman–Crippen MR) is 73.5 cm³/mol. The third-order valence-electron chi connectivity index (χ3n) is 3.11. The van der Waals surface area contributed by atoms with E-state index in [1.807, 2.05) is 26.8 Å². The monoisotopic (exact) mass is 265 g/mol. The second-order valence-corrected chi connectivity index (χ2v) is 5.83. The zero-order valence-electron chi connectivity index (χ0n) is 11.2. The summed E-state index contributed by atoms with van der Waals surface area (Å²) in [6.45, 7) is 8.04. The Morgan fingerprint density at radius 3 is 2.56 bits per heavy atom. The van der Waals surface area contributed by atoms with Crippen LogP contribution in [0.2, 0.25) is 0 Å². The molecular weight excluding hydrogens is 246 g/mol. The van der Waals surface area contributed by atoms with Crippen LogP contribution in [0, 0.1) is 27.7 Å². The topological polar surface area (TPSA) is 64.1 Å². The van der Waals surface area contributed by atoms with Crippen LogP contribution in [0.15, 0.2) is 10.5 Å². The van der Waals surface area contributed by atoms with Gasteiger partial charge in [0.15, 0.2) is 0 Å². The molecule has 4 nitrogen and oxygen atoms in total. The lowest BCUT2D eigenvalue weighted by Crippen LogP contribution is -2.29. The molecule has 0 saturated heterocycles. The van der Waals surface area contributed by atoms with Crippen LogP contribution in [0.25, 0.3) is 0 Å². The summed E-state index contributed by atoms with van der Waals surface area (Å²) in [5.74, 6) is 7.49. The minimum atomic E-state index is 0.0485. The van der Waals surface area contributed by atoms with Gasteiger partial charge in [-0.3, -0.25) is 11.3 Å². The Morgan fingerprint density at radius 1 is 1.39 bits per heavy atom. The number of hydrogen-bond donors (Lipinski definition) is 2. The Bertz CT molecular complexity index is 525. The summed E-state index contributed by atoms with van der Waals surface area (Å²) >= 11 is 1.73. The highest BCUT2D eigenvalue weighted by molar-refractivity contribution is 7.11. The molecule has 2 heterocycles. The molecule has 0 aromatic carbocycles. The lowest BCUT2D eigenvalue weighted by molar-refractivity contribution is 0.484. The number of hydrogen-bond acceptors (Lipinski definition) is 5. The first-order valence-corrected chi connectivity index (χ1v) is 6.79. The van der Waals surface area contributed by atoms with Crippen LogP contribution in [0.1, 0.15) is 38.7 Å². The molecule has 18 heavy (non-hydrogen) atoms. The van der Waals surface area contributed by atoms with Crippen molar-refractivity contribution in [1.82, 2.24) is 10.4 Å². The molecule has 2 aromatic heterocycles. The number of aromatic nitrogens is 1. The molecule has 0 aliphatic carbocycles. The van der Waals surface area contributed by atoms with Gasteiger partial charge in [-0.25, -0.2) is 4.98 Å². The van der Waals surface area contributed by atoms with Crippen molar-refractivity contribution in [2.75, 3.05) is 0 Å². The highest BCUT2D eigenvalue weighted by Crippen LogP contribution is 2.26. The van der Waals surface area contributed by atoms with E-state index in [2.05, 4.69) is 17.3 Å². The van der Waals surface area contributed by atoms with Crippen molar-refractivity contribution in [3.05, 3.63) is 38.7 Å². The summed E-state index contributed by atoms with van der Waals surface area (Å²) in [6.07, 6.45) is 0.787. The van der Waals surface area contributed by atoms with Gasteiger partial charge in [0.25, 0.3) is 0 Å². The molecule has 0 amide bonds. The highest BCUT2D eigenvalue weighted by Gasteiger charge is 2.18. The Morgan fingerprint density at radius 2 is 2.11 bits per heavy atom. The molecule has 5 heteroatoms. The average molecular weight is 265 g/mol. The minimum absolute atomic E-state index is 0.0485. The maximum atomic E-state index is 5.66. The Balaban J connectivity index is 2.22. The number of nitrogens with one attached hydrogen (secondary N) is 1.